The van der Waals surface area contributed by atoms with Gasteiger partial charge in [0.15, 0.2) is 0 Å². The number of nitrogens with one attached hydrogen (secondary N) is 2. The highest BCUT2D eigenvalue weighted by molar-refractivity contribution is 6.07. The number of hydrogen-bond acceptors (Lipinski definition) is 6. The maximum absolute atomic E-state index is 13.4. The van der Waals surface area contributed by atoms with Crippen molar-refractivity contribution >= 4 is 29.1 Å². The van der Waals surface area contributed by atoms with Crippen molar-refractivity contribution in [2.45, 2.75) is 26.2 Å². The van der Waals surface area contributed by atoms with E-state index in [0.29, 0.717) is 67.2 Å². The van der Waals surface area contributed by atoms with E-state index < -0.39 is 0 Å². The van der Waals surface area contributed by atoms with E-state index in [-0.39, 0.29) is 23.1 Å². The van der Waals surface area contributed by atoms with Crippen LogP contribution in [0.4, 0.5) is 11.4 Å². The molecule has 0 spiro atoms. The van der Waals surface area contributed by atoms with E-state index in [4.69, 9.17) is 5.26 Å². The summed E-state index contributed by atoms with van der Waals surface area (Å²) < 4.78 is 0. The predicted molar refractivity (Wildman–Crippen MR) is 168 cm³/mol. The predicted octanol–water partition coefficient (Wildman–Crippen LogP) is 4.12. The number of amides is 3. The SMILES string of the molecule is CC(C)(C)c1ccc(C(=O)Nc2cc(C(=O)N3CCNCC3)ccc2N2CCN(C(=O)c3ccc(C#N)cc3)CC2)cc1. The molecule has 43 heavy (non-hydrogen) atoms. The Morgan fingerprint density at radius 3 is 1.91 bits per heavy atom. The summed E-state index contributed by atoms with van der Waals surface area (Å²) in [7, 11) is 0. The lowest BCUT2D eigenvalue weighted by Crippen LogP contribution is -2.49. The molecule has 2 heterocycles. The first kappa shape index (κ1) is 29.8. The second kappa shape index (κ2) is 12.7. The van der Waals surface area contributed by atoms with Crippen molar-refractivity contribution in [3.63, 3.8) is 0 Å². The molecule has 0 atom stereocenters. The largest absolute Gasteiger partial charge is 0.366 e. The Labute approximate surface area is 253 Å². The zero-order valence-corrected chi connectivity index (χ0v) is 25.0. The molecule has 2 saturated heterocycles. The highest BCUT2D eigenvalue weighted by Crippen LogP contribution is 2.30. The van der Waals surface area contributed by atoms with Crippen molar-refractivity contribution in [3.05, 3.63) is 94.5 Å². The molecule has 3 amide bonds. The topological polar surface area (TPSA) is 109 Å². The fraction of sp³-hybridized carbons (Fsp3) is 0.353. The lowest BCUT2D eigenvalue weighted by molar-refractivity contribution is 0.0731. The molecular formula is C34H38N6O3. The van der Waals surface area contributed by atoms with Gasteiger partial charge in [-0.25, -0.2) is 0 Å². The zero-order chi connectivity index (χ0) is 30.6. The molecule has 222 valence electrons. The lowest BCUT2D eigenvalue weighted by atomic mass is 9.86. The van der Waals surface area contributed by atoms with E-state index in [9.17, 15) is 14.4 Å². The third-order valence-corrected chi connectivity index (χ3v) is 8.08. The first-order valence-corrected chi connectivity index (χ1v) is 14.7. The van der Waals surface area contributed by atoms with Crippen LogP contribution in [-0.4, -0.2) is 79.9 Å². The summed E-state index contributed by atoms with van der Waals surface area (Å²) >= 11 is 0. The van der Waals surface area contributed by atoms with Crippen molar-refractivity contribution < 1.29 is 14.4 Å². The van der Waals surface area contributed by atoms with Gasteiger partial charge in [0.05, 0.1) is 23.0 Å². The van der Waals surface area contributed by atoms with Gasteiger partial charge in [0.2, 0.25) is 0 Å². The van der Waals surface area contributed by atoms with Crippen molar-refractivity contribution in [2.75, 3.05) is 62.6 Å². The second-order valence-electron chi connectivity index (χ2n) is 12.0. The quantitative estimate of drug-likeness (QED) is 0.472. The van der Waals surface area contributed by atoms with Gasteiger partial charge in [0, 0.05) is 69.0 Å². The minimum absolute atomic E-state index is 0.0234. The van der Waals surface area contributed by atoms with E-state index in [2.05, 4.69) is 42.4 Å². The van der Waals surface area contributed by atoms with Gasteiger partial charge in [0.1, 0.15) is 0 Å². The normalized spacial score (nSPS) is 15.5. The van der Waals surface area contributed by atoms with Gasteiger partial charge in [-0.05, 0) is 65.6 Å². The van der Waals surface area contributed by atoms with Gasteiger partial charge < -0.3 is 25.3 Å². The van der Waals surface area contributed by atoms with E-state index in [1.807, 2.05) is 41.3 Å². The minimum Gasteiger partial charge on any atom is -0.366 e. The molecule has 2 aliphatic rings. The van der Waals surface area contributed by atoms with Crippen LogP contribution >= 0.6 is 0 Å². The van der Waals surface area contributed by atoms with Crippen LogP contribution in [0.5, 0.6) is 0 Å². The van der Waals surface area contributed by atoms with Gasteiger partial charge in [-0.3, -0.25) is 14.4 Å². The fourth-order valence-electron chi connectivity index (χ4n) is 5.43. The Morgan fingerprint density at radius 1 is 0.744 bits per heavy atom. The van der Waals surface area contributed by atoms with Gasteiger partial charge in [-0.15, -0.1) is 0 Å². The van der Waals surface area contributed by atoms with Gasteiger partial charge >= 0.3 is 0 Å². The third-order valence-electron chi connectivity index (χ3n) is 8.08. The number of nitriles is 1. The van der Waals surface area contributed by atoms with Crippen molar-refractivity contribution in [2.24, 2.45) is 0 Å². The molecule has 2 aliphatic heterocycles. The van der Waals surface area contributed by atoms with E-state index >= 15 is 0 Å². The third kappa shape index (κ3) is 6.87. The van der Waals surface area contributed by atoms with Crippen molar-refractivity contribution in [1.82, 2.24) is 15.1 Å². The maximum atomic E-state index is 13.4. The Hall–Kier alpha value is -4.68. The molecule has 0 unspecified atom stereocenters. The van der Waals surface area contributed by atoms with Gasteiger partial charge in [0.25, 0.3) is 17.7 Å². The number of carbonyl (C=O) groups excluding carboxylic acids is 3. The molecule has 3 aromatic carbocycles. The Kier molecular flexibility index (Phi) is 8.78. The van der Waals surface area contributed by atoms with Crippen LogP contribution < -0.4 is 15.5 Å². The molecule has 0 aromatic heterocycles. The van der Waals surface area contributed by atoms with E-state index in [1.165, 1.54) is 0 Å². The number of carbonyl (C=O) groups is 3. The summed E-state index contributed by atoms with van der Waals surface area (Å²) in [5.41, 5.74) is 4.62. The van der Waals surface area contributed by atoms with Crippen LogP contribution in [0.25, 0.3) is 0 Å². The standard InChI is InChI=1S/C34H38N6O3/c1-34(2,3)28-11-8-25(9-12-28)31(41)37-29-22-27(33(43)39-16-14-36-15-17-39)10-13-30(29)38-18-20-40(21-19-38)32(42)26-6-4-24(23-35)5-7-26/h4-13,22,36H,14-21H2,1-3H3,(H,37,41). The van der Waals surface area contributed by atoms with Crippen LogP contribution in [0.1, 0.15) is 63.0 Å². The molecule has 0 aliphatic carbocycles. The number of piperazine rings is 2. The summed E-state index contributed by atoms with van der Waals surface area (Å²) in [6, 6.07) is 21.9. The smallest absolute Gasteiger partial charge is 0.255 e. The van der Waals surface area contributed by atoms with Crippen LogP contribution in [0, 0.1) is 11.3 Å². The Balaban J connectivity index is 1.36. The summed E-state index contributed by atoms with van der Waals surface area (Å²) in [6.07, 6.45) is 0. The molecule has 9 heteroatoms. The average molecular weight is 579 g/mol. The zero-order valence-electron chi connectivity index (χ0n) is 25.0. The fourth-order valence-corrected chi connectivity index (χ4v) is 5.43. The highest BCUT2D eigenvalue weighted by atomic mass is 16.2. The molecule has 2 fully saturated rings. The summed E-state index contributed by atoms with van der Waals surface area (Å²) in [4.78, 5) is 45.6. The summed E-state index contributed by atoms with van der Waals surface area (Å²) in [6.45, 7) is 11.3. The number of anilines is 2. The van der Waals surface area contributed by atoms with Crippen LogP contribution in [0.3, 0.4) is 0 Å². The molecule has 0 saturated carbocycles. The minimum atomic E-state index is -0.247. The number of hydrogen-bond donors (Lipinski definition) is 2. The Morgan fingerprint density at radius 2 is 1.30 bits per heavy atom. The van der Waals surface area contributed by atoms with Crippen LogP contribution in [0.2, 0.25) is 0 Å². The lowest BCUT2D eigenvalue weighted by Gasteiger charge is -2.37. The van der Waals surface area contributed by atoms with E-state index in [0.717, 1.165) is 24.3 Å². The first-order valence-electron chi connectivity index (χ1n) is 14.7. The second-order valence-corrected chi connectivity index (χ2v) is 12.0. The Bertz CT molecular complexity index is 1520. The van der Waals surface area contributed by atoms with Crippen LogP contribution in [0.15, 0.2) is 66.7 Å². The first-order chi connectivity index (χ1) is 20.6. The number of rotatable bonds is 5. The molecule has 0 radical (unpaired) electrons. The number of benzene rings is 3. The summed E-state index contributed by atoms with van der Waals surface area (Å²) in [5.74, 6) is -0.382. The average Bonchev–Trinajstić information content (AvgIpc) is 3.04. The highest BCUT2D eigenvalue weighted by Gasteiger charge is 2.26. The monoisotopic (exact) mass is 578 g/mol. The molecule has 9 nitrogen and oxygen atoms in total. The molecule has 3 aromatic rings. The van der Waals surface area contributed by atoms with Crippen molar-refractivity contribution in [1.29, 1.82) is 5.26 Å². The van der Waals surface area contributed by atoms with Crippen LogP contribution in [-0.2, 0) is 5.41 Å². The van der Waals surface area contributed by atoms with Gasteiger partial charge in [-0.2, -0.15) is 5.26 Å². The number of nitrogens with zero attached hydrogens (tertiary/aromatic N) is 4. The summed E-state index contributed by atoms with van der Waals surface area (Å²) in [5, 5.41) is 15.4. The van der Waals surface area contributed by atoms with E-state index in [1.54, 1.807) is 35.2 Å². The molecule has 0 bridgehead atoms. The van der Waals surface area contributed by atoms with Gasteiger partial charge in [-0.1, -0.05) is 32.9 Å². The maximum Gasteiger partial charge on any atom is 0.255 e. The molecule has 5 rings (SSSR count). The molecular weight excluding hydrogens is 540 g/mol. The molecule has 2 N–H and O–H groups in total. The van der Waals surface area contributed by atoms with Crippen molar-refractivity contribution in [3.8, 4) is 6.07 Å².